The second-order valence-corrected chi connectivity index (χ2v) is 4.02. The van der Waals surface area contributed by atoms with Gasteiger partial charge < -0.3 is 9.64 Å². The van der Waals surface area contributed by atoms with Crippen LogP contribution >= 0.6 is 0 Å². The second-order valence-electron chi connectivity index (χ2n) is 4.02. The van der Waals surface area contributed by atoms with E-state index in [0.717, 1.165) is 12.0 Å². The lowest BCUT2D eigenvalue weighted by atomic mass is 10.2. The predicted octanol–water partition coefficient (Wildman–Crippen LogP) is 3.37. The minimum Gasteiger partial charge on any atom is -0.465 e. The lowest BCUT2D eigenvalue weighted by molar-refractivity contribution is -0.135. The zero-order chi connectivity index (χ0) is 14.8. The van der Waals surface area contributed by atoms with Crippen LogP contribution in [0.4, 0.5) is 4.39 Å². The van der Waals surface area contributed by atoms with Gasteiger partial charge in [0, 0.05) is 19.7 Å². The minimum absolute atomic E-state index is 0.0793. The number of halogens is 1. The average molecular weight is 267 g/mol. The molecule has 0 aliphatic heterocycles. The number of methoxy groups -OCH3 is 1. The summed E-state index contributed by atoms with van der Waals surface area (Å²) in [5.41, 5.74) is 1.19. The highest BCUT2D eigenvalue weighted by atomic mass is 19.1. The fourth-order valence-electron chi connectivity index (χ4n) is 1.19. The number of hydrogen-bond acceptors (Lipinski definition) is 3. The Hall–Kier alpha value is -1.84. The quantitative estimate of drug-likeness (QED) is 0.292. The predicted molar refractivity (Wildman–Crippen MR) is 76.1 cm³/mol. The van der Waals surface area contributed by atoms with Crippen LogP contribution in [0, 0.1) is 0 Å². The summed E-state index contributed by atoms with van der Waals surface area (Å²) in [5.74, 6) is -0.514. The van der Waals surface area contributed by atoms with Crippen LogP contribution in [0.1, 0.15) is 19.8 Å². The lowest BCUT2D eigenvalue weighted by Gasteiger charge is -2.18. The van der Waals surface area contributed by atoms with Gasteiger partial charge in [0.05, 0.1) is 12.7 Å². The molecule has 0 spiro atoms. The van der Waals surface area contributed by atoms with E-state index in [4.69, 9.17) is 0 Å². The van der Waals surface area contributed by atoms with E-state index in [0.29, 0.717) is 0 Å². The first-order chi connectivity index (χ1) is 8.96. The van der Waals surface area contributed by atoms with Crippen LogP contribution in [0.5, 0.6) is 0 Å². The molecule has 0 bridgehead atoms. The van der Waals surface area contributed by atoms with E-state index in [2.05, 4.69) is 17.9 Å². The highest BCUT2D eigenvalue weighted by molar-refractivity contribution is 5.91. The molecular weight excluding hydrogens is 245 g/mol. The maximum atomic E-state index is 13.8. The third-order valence-electron chi connectivity index (χ3n) is 2.61. The zero-order valence-electron chi connectivity index (χ0n) is 11.9. The Bertz CT molecular complexity index is 386. The molecule has 0 aliphatic rings. The largest absolute Gasteiger partial charge is 0.465 e. The average Bonchev–Trinajstić information content (AvgIpc) is 2.43. The Morgan fingerprint density at radius 1 is 1.53 bits per heavy atom. The van der Waals surface area contributed by atoms with E-state index >= 15 is 0 Å². The molecule has 0 aliphatic carbocycles. The molecule has 0 aromatic heterocycles. The molecule has 1 atom stereocenters. The van der Waals surface area contributed by atoms with Crippen LogP contribution in [0.2, 0.25) is 0 Å². The van der Waals surface area contributed by atoms with Gasteiger partial charge in [-0.05, 0) is 12.5 Å². The van der Waals surface area contributed by atoms with Crippen molar-refractivity contribution in [3.63, 3.8) is 0 Å². The Kier molecular flexibility index (Phi) is 8.25. The van der Waals surface area contributed by atoms with E-state index in [1.54, 1.807) is 19.3 Å². The number of ether oxygens (including phenoxy) is 1. The van der Waals surface area contributed by atoms with Crippen LogP contribution in [-0.4, -0.2) is 31.3 Å². The fourth-order valence-corrected chi connectivity index (χ4v) is 1.19. The molecule has 0 radical (unpaired) electrons. The Balaban J connectivity index is 4.51. The number of nitrogens with zero attached hydrogens (tertiary/aromatic N) is 1. The third-order valence-corrected chi connectivity index (χ3v) is 2.61. The number of hydrogen-bond donors (Lipinski definition) is 0. The van der Waals surface area contributed by atoms with E-state index in [-0.39, 0.29) is 12.0 Å². The van der Waals surface area contributed by atoms with Crippen molar-refractivity contribution in [3.05, 3.63) is 48.7 Å². The van der Waals surface area contributed by atoms with Gasteiger partial charge in [0.2, 0.25) is 0 Å². The van der Waals surface area contributed by atoms with Gasteiger partial charge in [0.15, 0.2) is 6.30 Å². The van der Waals surface area contributed by atoms with E-state index < -0.39 is 12.3 Å². The van der Waals surface area contributed by atoms with Crippen LogP contribution in [0.3, 0.4) is 0 Å². The molecule has 0 saturated carbocycles. The summed E-state index contributed by atoms with van der Waals surface area (Å²) in [6.45, 7) is 9.28. The molecule has 0 aromatic rings. The normalized spacial score (nSPS) is 13.2. The number of allylic oxidation sites excluding steroid dienone is 2. The van der Waals surface area contributed by atoms with Crippen molar-refractivity contribution in [2.75, 3.05) is 14.2 Å². The monoisotopic (exact) mass is 267 g/mol. The van der Waals surface area contributed by atoms with Crippen LogP contribution in [0.15, 0.2) is 48.7 Å². The van der Waals surface area contributed by atoms with Gasteiger partial charge >= 0.3 is 5.97 Å². The Labute approximate surface area is 114 Å². The summed E-state index contributed by atoms with van der Waals surface area (Å²) < 4.78 is 18.4. The number of carbonyl (C=O) groups is 1. The first-order valence-corrected chi connectivity index (χ1v) is 6.09. The molecule has 0 fully saturated rings. The highest BCUT2D eigenvalue weighted by Crippen LogP contribution is 2.10. The van der Waals surface area contributed by atoms with Crippen LogP contribution in [0.25, 0.3) is 0 Å². The molecule has 19 heavy (non-hydrogen) atoms. The molecule has 0 aromatic carbocycles. The third kappa shape index (κ3) is 6.60. The molecule has 4 heteroatoms. The van der Waals surface area contributed by atoms with Gasteiger partial charge in [0.25, 0.3) is 0 Å². The van der Waals surface area contributed by atoms with E-state index in [1.807, 2.05) is 6.92 Å². The van der Waals surface area contributed by atoms with Crippen molar-refractivity contribution in [2.24, 2.45) is 0 Å². The van der Waals surface area contributed by atoms with Crippen molar-refractivity contribution < 1.29 is 13.9 Å². The summed E-state index contributed by atoms with van der Waals surface area (Å²) in [4.78, 5) is 12.7. The van der Waals surface area contributed by atoms with Gasteiger partial charge in [-0.15, -0.1) is 0 Å². The van der Waals surface area contributed by atoms with Crippen molar-refractivity contribution in [2.45, 2.75) is 26.1 Å². The summed E-state index contributed by atoms with van der Waals surface area (Å²) >= 11 is 0. The first kappa shape index (κ1) is 17.2. The summed E-state index contributed by atoms with van der Waals surface area (Å²) in [6, 6.07) is 0. The molecule has 0 saturated heterocycles. The first-order valence-electron chi connectivity index (χ1n) is 6.09. The SMILES string of the molecule is C=C/C(=C\CC(F)N(C)/C=C\C(=C)CC)C(=O)OC. The van der Waals surface area contributed by atoms with Crippen molar-refractivity contribution >= 4 is 5.97 Å². The van der Waals surface area contributed by atoms with Gasteiger partial charge in [-0.2, -0.15) is 0 Å². The highest BCUT2D eigenvalue weighted by Gasteiger charge is 2.10. The topological polar surface area (TPSA) is 29.5 Å². The molecule has 0 heterocycles. The van der Waals surface area contributed by atoms with Crippen LogP contribution in [-0.2, 0) is 9.53 Å². The maximum Gasteiger partial charge on any atom is 0.337 e. The number of carbonyl (C=O) groups excluding carboxylic acids is 1. The second kappa shape index (κ2) is 9.14. The summed E-state index contributed by atoms with van der Waals surface area (Å²) in [6.07, 6.45) is 5.91. The Morgan fingerprint density at radius 3 is 2.63 bits per heavy atom. The van der Waals surface area contributed by atoms with Crippen LogP contribution < -0.4 is 0 Å². The molecule has 3 nitrogen and oxygen atoms in total. The zero-order valence-corrected chi connectivity index (χ0v) is 11.9. The summed E-state index contributed by atoms with van der Waals surface area (Å²) in [5, 5.41) is 0. The van der Waals surface area contributed by atoms with Crippen molar-refractivity contribution in [1.29, 1.82) is 0 Å². The molecule has 0 N–H and O–H groups in total. The van der Waals surface area contributed by atoms with E-state index in [9.17, 15) is 9.18 Å². The Morgan fingerprint density at radius 2 is 2.16 bits per heavy atom. The van der Waals surface area contributed by atoms with E-state index in [1.165, 1.54) is 24.2 Å². The number of esters is 1. The van der Waals surface area contributed by atoms with Gasteiger partial charge in [-0.1, -0.05) is 37.8 Å². The molecule has 0 rings (SSSR count). The standard InChI is InChI=1S/C15H22FNO2/c1-6-12(3)10-11-17(4)14(16)9-8-13(7-2)15(18)19-5/h7-8,10-11,14H,2-3,6,9H2,1,4-5H3/b11-10-,13-8+. The fraction of sp³-hybridized carbons (Fsp3) is 0.400. The van der Waals surface area contributed by atoms with Gasteiger partial charge in [-0.3, -0.25) is 0 Å². The minimum atomic E-state index is -1.22. The van der Waals surface area contributed by atoms with Gasteiger partial charge in [0.1, 0.15) is 0 Å². The molecular formula is C15H22FNO2. The number of rotatable bonds is 8. The lowest BCUT2D eigenvalue weighted by Crippen LogP contribution is -2.22. The number of alkyl halides is 1. The molecule has 106 valence electrons. The molecule has 1 unspecified atom stereocenters. The smallest absolute Gasteiger partial charge is 0.337 e. The van der Waals surface area contributed by atoms with Crippen molar-refractivity contribution in [1.82, 2.24) is 4.90 Å². The molecule has 0 amide bonds. The summed E-state index contributed by atoms with van der Waals surface area (Å²) in [7, 11) is 2.90. The van der Waals surface area contributed by atoms with Gasteiger partial charge in [-0.25, -0.2) is 9.18 Å². The van der Waals surface area contributed by atoms with Crippen molar-refractivity contribution in [3.8, 4) is 0 Å². The maximum absolute atomic E-state index is 13.8.